The van der Waals surface area contributed by atoms with E-state index in [1.807, 2.05) is 48.2 Å². The molecule has 1 atom stereocenters. The van der Waals surface area contributed by atoms with Crippen LogP contribution in [-0.2, 0) is 0 Å². The molecule has 142 valence electrons. The van der Waals surface area contributed by atoms with Gasteiger partial charge in [0.15, 0.2) is 0 Å². The second-order valence-corrected chi connectivity index (χ2v) is 7.18. The quantitative estimate of drug-likeness (QED) is 0.835. The Bertz CT molecular complexity index is 836. The van der Waals surface area contributed by atoms with Crippen LogP contribution in [-0.4, -0.2) is 76.9 Å². The topological polar surface area (TPSA) is 69.5 Å². The van der Waals surface area contributed by atoms with Crippen molar-refractivity contribution in [3.05, 3.63) is 42.7 Å². The van der Waals surface area contributed by atoms with Crippen LogP contribution in [0.3, 0.4) is 0 Å². The van der Waals surface area contributed by atoms with Gasteiger partial charge in [0.25, 0.3) is 0 Å². The standard InChI is InChI=1S/C19H25N7O/c1-23(2)18-20-14-26(22-18)16-7-5-6-15(12-16)21-19(27)25-11-8-17(13-25)24-9-3-4-10-24/h3-7,12,14,17H,8-11,13H2,1-2H3,(H,21,27). The van der Waals surface area contributed by atoms with Crippen molar-refractivity contribution in [2.24, 2.45) is 0 Å². The maximum Gasteiger partial charge on any atom is 0.321 e. The molecule has 2 aliphatic heterocycles. The van der Waals surface area contributed by atoms with Gasteiger partial charge in [-0.25, -0.2) is 9.48 Å². The van der Waals surface area contributed by atoms with Gasteiger partial charge in [-0.1, -0.05) is 18.2 Å². The zero-order chi connectivity index (χ0) is 18.8. The molecule has 1 fully saturated rings. The van der Waals surface area contributed by atoms with Crippen LogP contribution in [0.1, 0.15) is 6.42 Å². The molecule has 8 nitrogen and oxygen atoms in total. The molecule has 0 spiro atoms. The first-order chi connectivity index (χ1) is 13.1. The molecule has 1 unspecified atom stereocenters. The van der Waals surface area contributed by atoms with Gasteiger partial charge in [0, 0.05) is 52.0 Å². The van der Waals surface area contributed by atoms with E-state index in [4.69, 9.17) is 0 Å². The van der Waals surface area contributed by atoms with E-state index >= 15 is 0 Å². The van der Waals surface area contributed by atoms with Crippen LogP contribution in [0.4, 0.5) is 16.4 Å². The predicted molar refractivity (Wildman–Crippen MR) is 105 cm³/mol. The third-order valence-electron chi connectivity index (χ3n) is 5.06. The van der Waals surface area contributed by atoms with E-state index in [1.165, 1.54) is 0 Å². The van der Waals surface area contributed by atoms with Crippen molar-refractivity contribution >= 4 is 17.7 Å². The molecule has 27 heavy (non-hydrogen) atoms. The number of hydrogen-bond donors (Lipinski definition) is 1. The fraction of sp³-hybridized carbons (Fsp3) is 0.421. The molecule has 0 aliphatic carbocycles. The van der Waals surface area contributed by atoms with E-state index in [0.717, 1.165) is 44.0 Å². The lowest BCUT2D eigenvalue weighted by Crippen LogP contribution is -2.38. The minimum absolute atomic E-state index is 0.0469. The van der Waals surface area contributed by atoms with Crippen LogP contribution in [0.25, 0.3) is 5.69 Å². The lowest BCUT2D eigenvalue weighted by Gasteiger charge is -2.23. The van der Waals surface area contributed by atoms with Gasteiger partial charge in [0.2, 0.25) is 5.95 Å². The van der Waals surface area contributed by atoms with E-state index < -0.39 is 0 Å². The molecule has 0 radical (unpaired) electrons. The van der Waals surface area contributed by atoms with E-state index in [2.05, 4.69) is 32.5 Å². The minimum Gasteiger partial charge on any atom is -0.346 e. The zero-order valence-corrected chi connectivity index (χ0v) is 15.7. The van der Waals surface area contributed by atoms with Crippen molar-refractivity contribution in [3.8, 4) is 5.69 Å². The third kappa shape index (κ3) is 3.80. The highest BCUT2D eigenvalue weighted by Crippen LogP contribution is 2.20. The Labute approximate surface area is 159 Å². The number of urea groups is 1. The Morgan fingerprint density at radius 3 is 2.81 bits per heavy atom. The number of hydrogen-bond acceptors (Lipinski definition) is 5. The molecular weight excluding hydrogens is 342 g/mol. The maximum atomic E-state index is 12.7. The van der Waals surface area contributed by atoms with Crippen molar-refractivity contribution in [1.29, 1.82) is 0 Å². The molecule has 1 saturated heterocycles. The minimum atomic E-state index is -0.0469. The lowest BCUT2D eigenvalue weighted by molar-refractivity contribution is 0.212. The molecule has 2 aromatic rings. The highest BCUT2D eigenvalue weighted by molar-refractivity contribution is 5.89. The summed E-state index contributed by atoms with van der Waals surface area (Å²) in [6, 6.07) is 8.05. The molecule has 2 amide bonds. The number of benzene rings is 1. The second-order valence-electron chi connectivity index (χ2n) is 7.18. The van der Waals surface area contributed by atoms with Crippen LogP contribution in [0.15, 0.2) is 42.7 Å². The summed E-state index contributed by atoms with van der Waals surface area (Å²) in [4.78, 5) is 23.1. The lowest BCUT2D eigenvalue weighted by atomic mass is 10.2. The van der Waals surface area contributed by atoms with Crippen molar-refractivity contribution in [2.75, 3.05) is 50.5 Å². The molecule has 2 aliphatic rings. The first kappa shape index (κ1) is 17.5. The monoisotopic (exact) mass is 367 g/mol. The largest absolute Gasteiger partial charge is 0.346 e. The molecule has 0 bridgehead atoms. The van der Waals surface area contributed by atoms with Crippen molar-refractivity contribution in [3.63, 3.8) is 0 Å². The molecular formula is C19H25N7O. The number of carbonyl (C=O) groups is 1. The van der Waals surface area contributed by atoms with E-state index in [9.17, 15) is 4.79 Å². The Morgan fingerprint density at radius 1 is 1.26 bits per heavy atom. The number of likely N-dealkylation sites (tertiary alicyclic amines) is 1. The average Bonchev–Trinajstić information content (AvgIpc) is 3.42. The number of nitrogens with zero attached hydrogens (tertiary/aromatic N) is 6. The van der Waals surface area contributed by atoms with E-state index in [0.29, 0.717) is 12.0 Å². The van der Waals surface area contributed by atoms with E-state index in [1.54, 1.807) is 11.0 Å². The summed E-state index contributed by atoms with van der Waals surface area (Å²) in [6.45, 7) is 3.56. The SMILES string of the molecule is CN(C)c1ncn(-c2cccc(NC(=O)N3CCC(N4CC=CC4)C3)c2)n1. The normalized spacial score (nSPS) is 19.6. The Balaban J connectivity index is 1.40. The molecule has 0 saturated carbocycles. The summed E-state index contributed by atoms with van der Waals surface area (Å²) in [7, 11) is 3.80. The summed E-state index contributed by atoms with van der Waals surface area (Å²) >= 11 is 0. The van der Waals surface area contributed by atoms with Crippen LogP contribution >= 0.6 is 0 Å². The smallest absolute Gasteiger partial charge is 0.321 e. The Morgan fingerprint density at radius 2 is 2.07 bits per heavy atom. The summed E-state index contributed by atoms with van der Waals surface area (Å²) in [5.41, 5.74) is 1.61. The third-order valence-corrected chi connectivity index (χ3v) is 5.06. The number of anilines is 2. The van der Waals surface area contributed by atoms with Crippen LogP contribution in [0.2, 0.25) is 0 Å². The van der Waals surface area contributed by atoms with Gasteiger partial charge in [0.1, 0.15) is 6.33 Å². The van der Waals surface area contributed by atoms with E-state index in [-0.39, 0.29) is 6.03 Å². The fourth-order valence-corrected chi connectivity index (χ4v) is 3.53. The molecule has 1 aromatic heterocycles. The van der Waals surface area contributed by atoms with Gasteiger partial charge in [0.05, 0.1) is 5.69 Å². The first-order valence-corrected chi connectivity index (χ1v) is 9.24. The molecule has 4 rings (SSSR count). The molecule has 1 aromatic carbocycles. The number of rotatable bonds is 4. The number of carbonyl (C=O) groups excluding carboxylic acids is 1. The molecule has 3 heterocycles. The highest BCUT2D eigenvalue weighted by atomic mass is 16.2. The van der Waals surface area contributed by atoms with Gasteiger partial charge in [-0.05, 0) is 24.6 Å². The van der Waals surface area contributed by atoms with Crippen molar-refractivity contribution < 1.29 is 4.79 Å². The fourth-order valence-electron chi connectivity index (χ4n) is 3.53. The Kier molecular flexibility index (Phi) is 4.81. The molecule has 8 heteroatoms. The summed E-state index contributed by atoms with van der Waals surface area (Å²) in [5.74, 6) is 0.643. The van der Waals surface area contributed by atoms with Gasteiger partial charge >= 0.3 is 6.03 Å². The summed E-state index contributed by atoms with van der Waals surface area (Å²) in [6.07, 6.45) is 7.09. The van der Waals surface area contributed by atoms with Crippen LogP contribution < -0.4 is 10.2 Å². The summed E-state index contributed by atoms with van der Waals surface area (Å²) < 4.78 is 1.71. The van der Waals surface area contributed by atoms with Gasteiger partial charge in [-0.15, -0.1) is 5.10 Å². The number of aromatic nitrogens is 3. The van der Waals surface area contributed by atoms with Gasteiger partial charge in [-0.3, -0.25) is 4.90 Å². The maximum absolute atomic E-state index is 12.7. The molecule has 1 N–H and O–H groups in total. The van der Waals surface area contributed by atoms with Gasteiger partial charge in [-0.2, -0.15) is 4.98 Å². The predicted octanol–water partition coefficient (Wildman–Crippen LogP) is 1.81. The van der Waals surface area contributed by atoms with Crippen molar-refractivity contribution in [1.82, 2.24) is 24.6 Å². The van der Waals surface area contributed by atoms with Crippen molar-refractivity contribution in [2.45, 2.75) is 12.5 Å². The van der Waals surface area contributed by atoms with Crippen LogP contribution in [0.5, 0.6) is 0 Å². The Hall–Kier alpha value is -2.87. The zero-order valence-electron chi connectivity index (χ0n) is 15.7. The van der Waals surface area contributed by atoms with Gasteiger partial charge < -0.3 is 15.1 Å². The number of amides is 2. The average molecular weight is 367 g/mol. The van der Waals surface area contributed by atoms with Crippen LogP contribution in [0, 0.1) is 0 Å². The summed E-state index contributed by atoms with van der Waals surface area (Å²) in [5, 5.41) is 7.44. The first-order valence-electron chi connectivity index (χ1n) is 9.24. The second kappa shape index (κ2) is 7.40. The number of nitrogens with one attached hydrogen (secondary N) is 1. The highest BCUT2D eigenvalue weighted by Gasteiger charge is 2.30.